The first-order chi connectivity index (χ1) is 13.6. The minimum Gasteiger partial charge on any atom is -0.378 e. The first-order valence-corrected chi connectivity index (χ1v) is 9.14. The Bertz CT molecular complexity index is 1060. The Kier molecular flexibility index (Phi) is 4.79. The van der Waals surface area contributed by atoms with Crippen molar-refractivity contribution in [2.24, 2.45) is 5.73 Å². The van der Waals surface area contributed by atoms with Crippen LogP contribution >= 0.6 is 0 Å². The highest BCUT2D eigenvalue weighted by Gasteiger charge is 2.25. The maximum atomic E-state index is 13.0. The molecule has 4 rings (SSSR count). The minimum absolute atomic E-state index is 0.0646. The summed E-state index contributed by atoms with van der Waals surface area (Å²) in [6, 6.07) is 9.66. The predicted molar refractivity (Wildman–Crippen MR) is 102 cm³/mol. The smallest absolute Gasteiger partial charge is 0.270 e. The van der Waals surface area contributed by atoms with Gasteiger partial charge in [0, 0.05) is 13.3 Å². The van der Waals surface area contributed by atoms with E-state index in [1.807, 2.05) is 12.1 Å². The Labute approximate surface area is 161 Å². The average molecular weight is 379 g/mol. The molecule has 0 spiro atoms. The number of methoxy groups -OCH3 is 1. The number of fused-ring (bicyclic) bond motifs is 2. The number of aromatic nitrogens is 3. The number of primary amides is 1. The van der Waals surface area contributed by atoms with Crippen molar-refractivity contribution >= 4 is 17.5 Å². The molecule has 3 N–H and O–H groups in total. The van der Waals surface area contributed by atoms with Gasteiger partial charge in [-0.2, -0.15) is 5.10 Å². The Morgan fingerprint density at radius 3 is 2.93 bits per heavy atom. The van der Waals surface area contributed by atoms with E-state index in [0.29, 0.717) is 5.69 Å². The van der Waals surface area contributed by atoms with Crippen molar-refractivity contribution in [3.05, 3.63) is 64.6 Å². The van der Waals surface area contributed by atoms with Crippen molar-refractivity contribution in [1.82, 2.24) is 19.9 Å². The van der Waals surface area contributed by atoms with Crippen LogP contribution in [0.2, 0.25) is 0 Å². The Hall–Kier alpha value is -3.26. The van der Waals surface area contributed by atoms with Gasteiger partial charge < -0.3 is 15.8 Å². The number of aryl methyl sites for hydroxylation is 1. The van der Waals surface area contributed by atoms with Crippen molar-refractivity contribution < 1.29 is 14.3 Å². The highest BCUT2D eigenvalue weighted by atomic mass is 16.5. The second-order valence-corrected chi connectivity index (χ2v) is 6.80. The average Bonchev–Trinajstić information content (AvgIpc) is 3.06. The Morgan fingerprint density at radius 1 is 1.32 bits per heavy atom. The molecule has 8 heteroatoms. The highest BCUT2D eigenvalue weighted by molar-refractivity contribution is 6.01. The molecule has 2 heterocycles. The first-order valence-electron chi connectivity index (χ1n) is 9.14. The quantitative estimate of drug-likeness (QED) is 0.702. The fraction of sp³-hybridized carbons (Fsp3) is 0.300. The van der Waals surface area contributed by atoms with Crippen molar-refractivity contribution in [2.45, 2.75) is 31.9 Å². The molecule has 0 aliphatic heterocycles. The number of carbonyl (C=O) groups excluding carboxylic acids is 2. The van der Waals surface area contributed by atoms with Crippen LogP contribution in [0.15, 0.2) is 36.5 Å². The van der Waals surface area contributed by atoms with E-state index in [2.05, 4.69) is 27.5 Å². The van der Waals surface area contributed by atoms with Gasteiger partial charge in [-0.3, -0.25) is 9.59 Å². The van der Waals surface area contributed by atoms with Crippen LogP contribution in [0.4, 0.5) is 0 Å². The number of benzene rings is 1. The van der Waals surface area contributed by atoms with E-state index in [4.69, 9.17) is 10.5 Å². The van der Waals surface area contributed by atoms with Gasteiger partial charge in [-0.15, -0.1) is 0 Å². The highest BCUT2D eigenvalue weighted by Crippen LogP contribution is 2.29. The zero-order valence-electron chi connectivity index (χ0n) is 15.5. The van der Waals surface area contributed by atoms with Gasteiger partial charge in [-0.1, -0.05) is 24.3 Å². The molecule has 0 fully saturated rings. The number of carbonyl (C=O) groups is 2. The topological polar surface area (TPSA) is 112 Å². The lowest BCUT2D eigenvalue weighted by Crippen LogP contribution is -2.32. The number of hydrogen-bond donors (Lipinski definition) is 2. The van der Waals surface area contributed by atoms with Crippen LogP contribution in [0.5, 0.6) is 0 Å². The Morgan fingerprint density at radius 2 is 2.14 bits per heavy atom. The third-order valence-corrected chi connectivity index (χ3v) is 5.03. The van der Waals surface area contributed by atoms with Crippen LogP contribution in [-0.4, -0.2) is 33.5 Å². The lowest BCUT2D eigenvalue weighted by Gasteiger charge is -2.26. The maximum absolute atomic E-state index is 13.0. The second kappa shape index (κ2) is 7.40. The summed E-state index contributed by atoms with van der Waals surface area (Å²) in [5.74, 6) is -0.940. The van der Waals surface area contributed by atoms with E-state index in [9.17, 15) is 9.59 Å². The lowest BCUT2D eigenvalue weighted by atomic mass is 9.87. The van der Waals surface area contributed by atoms with Crippen molar-refractivity contribution in [1.29, 1.82) is 0 Å². The molecule has 1 aliphatic rings. The largest absolute Gasteiger partial charge is 0.378 e. The fourth-order valence-corrected chi connectivity index (χ4v) is 3.79. The zero-order valence-corrected chi connectivity index (χ0v) is 15.5. The number of nitrogens with one attached hydrogen (secondary N) is 1. The molecule has 2 aromatic heterocycles. The van der Waals surface area contributed by atoms with E-state index in [0.717, 1.165) is 24.8 Å². The summed E-state index contributed by atoms with van der Waals surface area (Å²) >= 11 is 0. The van der Waals surface area contributed by atoms with Crippen LogP contribution in [0.3, 0.4) is 0 Å². The molecule has 0 radical (unpaired) electrons. The zero-order chi connectivity index (χ0) is 19.7. The summed E-state index contributed by atoms with van der Waals surface area (Å²) in [5, 5.41) is 7.45. The molecule has 1 atom stereocenters. The molecule has 1 aromatic carbocycles. The van der Waals surface area contributed by atoms with E-state index in [-0.39, 0.29) is 35.5 Å². The van der Waals surface area contributed by atoms with E-state index < -0.39 is 5.91 Å². The summed E-state index contributed by atoms with van der Waals surface area (Å²) in [4.78, 5) is 29.1. The summed E-state index contributed by atoms with van der Waals surface area (Å²) in [7, 11) is 1.50. The van der Waals surface area contributed by atoms with Crippen LogP contribution in [-0.2, 0) is 17.8 Å². The standard InChI is InChI=1S/C20H21N5O3/c1-28-11-15-17(18(21)26)19-22-10-9-16(25(19)24-15)20(27)23-14-8-4-6-12-5-2-3-7-13(12)14/h2-3,5,7,9-10,14H,4,6,8,11H2,1H3,(H2,21,26)(H,23,27)/t14-/m1/s1. The maximum Gasteiger partial charge on any atom is 0.270 e. The third-order valence-electron chi connectivity index (χ3n) is 5.03. The Balaban J connectivity index is 1.71. The number of hydrogen-bond acceptors (Lipinski definition) is 5. The summed E-state index contributed by atoms with van der Waals surface area (Å²) in [5.41, 5.74) is 8.96. The first kappa shape index (κ1) is 18.1. The van der Waals surface area contributed by atoms with Gasteiger partial charge in [0.1, 0.15) is 17.0 Å². The van der Waals surface area contributed by atoms with Gasteiger partial charge in [-0.25, -0.2) is 9.50 Å². The van der Waals surface area contributed by atoms with Crippen LogP contribution in [0.1, 0.15) is 56.6 Å². The SMILES string of the molecule is COCc1nn2c(C(=O)N[C@@H]3CCCc4ccccc43)ccnc2c1C(N)=O. The third kappa shape index (κ3) is 3.11. The van der Waals surface area contributed by atoms with Gasteiger partial charge in [0.05, 0.1) is 12.6 Å². The number of nitrogens with zero attached hydrogens (tertiary/aromatic N) is 3. The van der Waals surface area contributed by atoms with Gasteiger partial charge in [0.2, 0.25) is 0 Å². The molecule has 0 saturated carbocycles. The molecule has 0 saturated heterocycles. The normalized spacial score (nSPS) is 16.0. The van der Waals surface area contributed by atoms with Gasteiger partial charge in [0.15, 0.2) is 5.65 Å². The number of nitrogens with two attached hydrogens (primary N) is 1. The molecule has 8 nitrogen and oxygen atoms in total. The van der Waals surface area contributed by atoms with E-state index in [1.54, 1.807) is 6.07 Å². The van der Waals surface area contributed by atoms with Crippen molar-refractivity contribution in [2.75, 3.05) is 7.11 Å². The van der Waals surface area contributed by atoms with Crippen LogP contribution < -0.4 is 11.1 Å². The van der Waals surface area contributed by atoms with Gasteiger partial charge in [0.25, 0.3) is 11.8 Å². The predicted octanol–water partition coefficient (Wildman–Crippen LogP) is 1.78. The molecule has 144 valence electrons. The van der Waals surface area contributed by atoms with Crippen LogP contribution in [0, 0.1) is 0 Å². The molecule has 1 aliphatic carbocycles. The fourth-order valence-electron chi connectivity index (χ4n) is 3.79. The van der Waals surface area contributed by atoms with E-state index >= 15 is 0 Å². The van der Waals surface area contributed by atoms with E-state index in [1.165, 1.54) is 23.4 Å². The summed E-state index contributed by atoms with van der Waals surface area (Å²) in [6.45, 7) is 0.0959. The summed E-state index contributed by atoms with van der Waals surface area (Å²) in [6.07, 6.45) is 4.38. The molecular formula is C20H21N5O3. The molecule has 2 amide bonds. The molecule has 0 unspecified atom stereocenters. The second-order valence-electron chi connectivity index (χ2n) is 6.80. The molecular weight excluding hydrogens is 358 g/mol. The van der Waals surface area contributed by atoms with Crippen molar-refractivity contribution in [3.63, 3.8) is 0 Å². The summed E-state index contributed by atoms with van der Waals surface area (Å²) < 4.78 is 6.46. The monoisotopic (exact) mass is 379 g/mol. The lowest BCUT2D eigenvalue weighted by molar-refractivity contribution is 0.0923. The molecule has 3 aromatic rings. The number of ether oxygens (including phenoxy) is 1. The van der Waals surface area contributed by atoms with Crippen LogP contribution in [0.25, 0.3) is 5.65 Å². The minimum atomic E-state index is -0.659. The van der Waals surface area contributed by atoms with Gasteiger partial charge in [-0.05, 0) is 36.5 Å². The molecule has 28 heavy (non-hydrogen) atoms. The number of rotatable bonds is 5. The van der Waals surface area contributed by atoms with Crippen molar-refractivity contribution in [3.8, 4) is 0 Å². The number of amides is 2. The molecule has 0 bridgehead atoms. The van der Waals surface area contributed by atoms with Gasteiger partial charge >= 0.3 is 0 Å².